The van der Waals surface area contributed by atoms with Crippen LogP contribution in [-0.4, -0.2) is 13.0 Å². The summed E-state index contributed by atoms with van der Waals surface area (Å²) >= 11 is 3.17. The molecule has 0 aliphatic heterocycles. The number of carbonyl (C=O) groups is 1. The number of halogens is 2. The Bertz CT molecular complexity index is 673. The van der Waals surface area contributed by atoms with E-state index in [-0.39, 0.29) is 18.0 Å². The molecule has 0 aromatic heterocycles. The van der Waals surface area contributed by atoms with E-state index in [4.69, 9.17) is 4.74 Å². The summed E-state index contributed by atoms with van der Waals surface area (Å²) in [6.45, 7) is 1.91. The van der Waals surface area contributed by atoms with Gasteiger partial charge in [-0.05, 0) is 42.3 Å². The molecule has 0 atom stereocenters. The Morgan fingerprint density at radius 3 is 2.67 bits per heavy atom. The predicted octanol–water partition coefficient (Wildman–Crippen LogP) is 4.09. The lowest BCUT2D eigenvalue weighted by Crippen LogP contribution is -2.15. The topological polar surface area (TPSA) is 38.3 Å². The van der Waals surface area contributed by atoms with Crippen molar-refractivity contribution < 1.29 is 13.9 Å². The van der Waals surface area contributed by atoms with Crippen molar-refractivity contribution in [3.8, 4) is 5.75 Å². The molecule has 110 valence electrons. The summed E-state index contributed by atoms with van der Waals surface area (Å²) in [5, 5.41) is 2.57. The van der Waals surface area contributed by atoms with E-state index >= 15 is 0 Å². The second-order valence-electron chi connectivity index (χ2n) is 4.65. The van der Waals surface area contributed by atoms with Gasteiger partial charge in [0.2, 0.25) is 5.91 Å². The molecule has 2 aromatic rings. The first kappa shape index (κ1) is 15.5. The lowest BCUT2D eigenvalue weighted by atomic mass is 10.1. The standard InChI is InChI=1S/C16H15BrFNO2/c1-10-7-11(3-6-15(10)21-2)8-16(20)19-14-5-4-12(17)9-13(14)18/h3-7,9H,8H2,1-2H3,(H,19,20). The SMILES string of the molecule is COc1ccc(CC(=O)Nc2ccc(Br)cc2F)cc1C. The second-order valence-corrected chi connectivity index (χ2v) is 5.57. The van der Waals surface area contributed by atoms with Gasteiger partial charge in [-0.25, -0.2) is 4.39 Å². The first-order chi connectivity index (χ1) is 9.99. The maximum absolute atomic E-state index is 13.7. The molecular formula is C16H15BrFNO2. The molecule has 3 nitrogen and oxygen atoms in total. The fraction of sp³-hybridized carbons (Fsp3) is 0.188. The maximum Gasteiger partial charge on any atom is 0.228 e. The molecule has 1 N–H and O–H groups in total. The second kappa shape index (κ2) is 6.72. The molecule has 0 saturated heterocycles. The summed E-state index contributed by atoms with van der Waals surface area (Å²) in [6.07, 6.45) is 0.181. The van der Waals surface area contributed by atoms with Crippen LogP contribution in [0.2, 0.25) is 0 Å². The number of anilines is 1. The molecule has 0 radical (unpaired) electrons. The van der Waals surface area contributed by atoms with Gasteiger partial charge >= 0.3 is 0 Å². The molecule has 0 fully saturated rings. The van der Waals surface area contributed by atoms with Crippen LogP contribution in [0, 0.1) is 12.7 Å². The first-order valence-corrected chi connectivity index (χ1v) is 7.17. The third kappa shape index (κ3) is 4.04. The minimum atomic E-state index is -0.469. The van der Waals surface area contributed by atoms with E-state index < -0.39 is 5.82 Å². The molecule has 2 rings (SSSR count). The van der Waals surface area contributed by atoms with Crippen LogP contribution in [0.25, 0.3) is 0 Å². The Labute approximate surface area is 131 Å². The van der Waals surface area contributed by atoms with Gasteiger partial charge in [0.15, 0.2) is 0 Å². The van der Waals surface area contributed by atoms with E-state index in [2.05, 4.69) is 21.2 Å². The van der Waals surface area contributed by atoms with E-state index in [0.29, 0.717) is 4.47 Å². The van der Waals surface area contributed by atoms with Gasteiger partial charge in [0.1, 0.15) is 11.6 Å². The molecule has 0 unspecified atom stereocenters. The fourth-order valence-electron chi connectivity index (χ4n) is 2.02. The normalized spacial score (nSPS) is 10.3. The highest BCUT2D eigenvalue weighted by Crippen LogP contribution is 2.21. The minimum absolute atomic E-state index is 0.174. The number of hydrogen-bond acceptors (Lipinski definition) is 2. The molecule has 21 heavy (non-hydrogen) atoms. The quantitative estimate of drug-likeness (QED) is 0.900. The maximum atomic E-state index is 13.7. The zero-order chi connectivity index (χ0) is 15.4. The average Bonchev–Trinajstić information content (AvgIpc) is 2.42. The number of amides is 1. The molecule has 1 amide bonds. The molecule has 0 heterocycles. The smallest absolute Gasteiger partial charge is 0.228 e. The highest BCUT2D eigenvalue weighted by atomic mass is 79.9. The van der Waals surface area contributed by atoms with E-state index in [9.17, 15) is 9.18 Å². The van der Waals surface area contributed by atoms with E-state index in [1.54, 1.807) is 13.2 Å². The van der Waals surface area contributed by atoms with Crippen molar-refractivity contribution in [3.05, 3.63) is 57.8 Å². The zero-order valence-electron chi connectivity index (χ0n) is 11.7. The van der Waals surface area contributed by atoms with Gasteiger partial charge in [-0.3, -0.25) is 4.79 Å². The van der Waals surface area contributed by atoms with Gasteiger partial charge in [-0.2, -0.15) is 0 Å². The molecule has 0 spiro atoms. The van der Waals surface area contributed by atoms with E-state index in [1.165, 1.54) is 12.1 Å². The third-order valence-corrected chi connectivity index (χ3v) is 3.52. The highest BCUT2D eigenvalue weighted by molar-refractivity contribution is 9.10. The van der Waals surface area contributed by atoms with Crippen LogP contribution >= 0.6 is 15.9 Å². The molecular weight excluding hydrogens is 337 g/mol. The van der Waals surface area contributed by atoms with Gasteiger partial charge < -0.3 is 10.1 Å². The number of nitrogens with one attached hydrogen (secondary N) is 1. The number of aryl methyl sites for hydroxylation is 1. The summed E-state index contributed by atoms with van der Waals surface area (Å²) in [5.74, 6) is 0.0440. The van der Waals surface area contributed by atoms with E-state index in [1.807, 2.05) is 25.1 Å². The number of ether oxygens (including phenoxy) is 1. The van der Waals surface area contributed by atoms with Gasteiger partial charge in [0, 0.05) is 4.47 Å². The number of methoxy groups -OCH3 is 1. The number of carbonyl (C=O) groups excluding carboxylic acids is 1. The summed E-state index contributed by atoms with van der Waals surface area (Å²) in [7, 11) is 1.60. The Morgan fingerprint density at radius 2 is 2.05 bits per heavy atom. The highest BCUT2D eigenvalue weighted by Gasteiger charge is 2.09. The van der Waals surface area contributed by atoms with Crippen molar-refractivity contribution >= 4 is 27.5 Å². The van der Waals surface area contributed by atoms with Crippen LogP contribution < -0.4 is 10.1 Å². The summed E-state index contributed by atoms with van der Waals surface area (Å²) < 4.78 is 19.5. The summed E-state index contributed by atoms with van der Waals surface area (Å²) in [6, 6.07) is 10.0. The van der Waals surface area contributed by atoms with Crippen LogP contribution in [-0.2, 0) is 11.2 Å². The van der Waals surface area contributed by atoms with Crippen LogP contribution in [0.3, 0.4) is 0 Å². The monoisotopic (exact) mass is 351 g/mol. The Hall–Kier alpha value is -1.88. The number of hydrogen-bond donors (Lipinski definition) is 1. The van der Waals surface area contributed by atoms with Gasteiger partial charge in [0.05, 0.1) is 19.2 Å². The van der Waals surface area contributed by atoms with Crippen molar-refractivity contribution in [2.45, 2.75) is 13.3 Å². The molecule has 2 aromatic carbocycles. The average molecular weight is 352 g/mol. The fourth-order valence-corrected chi connectivity index (χ4v) is 2.35. The van der Waals surface area contributed by atoms with E-state index in [0.717, 1.165) is 16.9 Å². The first-order valence-electron chi connectivity index (χ1n) is 6.38. The Morgan fingerprint density at radius 1 is 1.29 bits per heavy atom. The molecule has 0 saturated carbocycles. The lowest BCUT2D eigenvalue weighted by Gasteiger charge is -2.09. The number of rotatable bonds is 4. The summed E-state index contributed by atoms with van der Waals surface area (Å²) in [5.41, 5.74) is 1.98. The van der Waals surface area contributed by atoms with Crippen molar-refractivity contribution in [2.75, 3.05) is 12.4 Å². The molecule has 5 heteroatoms. The van der Waals surface area contributed by atoms with Crippen LogP contribution in [0.4, 0.5) is 10.1 Å². The van der Waals surface area contributed by atoms with Crippen molar-refractivity contribution in [3.63, 3.8) is 0 Å². The molecule has 0 aliphatic carbocycles. The van der Waals surface area contributed by atoms with Gasteiger partial charge in [-0.1, -0.05) is 28.1 Å². The largest absolute Gasteiger partial charge is 0.496 e. The minimum Gasteiger partial charge on any atom is -0.496 e. The van der Waals surface area contributed by atoms with Crippen molar-refractivity contribution in [2.24, 2.45) is 0 Å². The van der Waals surface area contributed by atoms with Crippen molar-refractivity contribution in [1.82, 2.24) is 0 Å². The van der Waals surface area contributed by atoms with Gasteiger partial charge in [-0.15, -0.1) is 0 Å². The summed E-state index contributed by atoms with van der Waals surface area (Å²) in [4.78, 5) is 12.0. The van der Waals surface area contributed by atoms with Gasteiger partial charge in [0.25, 0.3) is 0 Å². The lowest BCUT2D eigenvalue weighted by molar-refractivity contribution is -0.115. The van der Waals surface area contributed by atoms with Crippen LogP contribution in [0.1, 0.15) is 11.1 Å². The van der Waals surface area contributed by atoms with Crippen LogP contribution in [0.15, 0.2) is 40.9 Å². The van der Waals surface area contributed by atoms with Crippen molar-refractivity contribution in [1.29, 1.82) is 0 Å². The Balaban J connectivity index is 2.06. The third-order valence-electron chi connectivity index (χ3n) is 3.03. The molecule has 0 aliphatic rings. The zero-order valence-corrected chi connectivity index (χ0v) is 13.3. The predicted molar refractivity (Wildman–Crippen MR) is 84.2 cm³/mol. The Kier molecular flexibility index (Phi) is 4.96. The molecule has 0 bridgehead atoms. The number of benzene rings is 2. The van der Waals surface area contributed by atoms with Crippen LogP contribution in [0.5, 0.6) is 5.75 Å².